The number of anilines is 2. The molecule has 5 aliphatic rings. The van der Waals surface area contributed by atoms with E-state index in [4.69, 9.17) is 0 Å². The number of allylic oxidation sites excluding steroid dienone is 2. The van der Waals surface area contributed by atoms with E-state index >= 15 is 0 Å². The normalized spacial score (nSPS) is 33.4. The fourth-order valence-electron chi connectivity index (χ4n) is 5.72. The number of para-hydroxylation sites is 1. The largest absolute Gasteiger partial charge is 0.322 e. The molecule has 6 atom stereocenters. The minimum Gasteiger partial charge on any atom is -0.322 e. The van der Waals surface area contributed by atoms with Crippen molar-refractivity contribution in [2.24, 2.45) is 35.5 Å². The number of nitrogens with one attached hydrogen (secondary N) is 1. The van der Waals surface area contributed by atoms with E-state index in [0.717, 1.165) is 6.42 Å². The number of carbonyl (C=O) groups is 3. The van der Waals surface area contributed by atoms with E-state index in [9.17, 15) is 14.4 Å². The molecular formula is C24H20N2O3. The molecule has 1 heterocycles. The summed E-state index contributed by atoms with van der Waals surface area (Å²) in [5, 5.41) is 2.85. The Morgan fingerprint density at radius 2 is 1.52 bits per heavy atom. The number of carbonyl (C=O) groups excluding carboxylic acids is 3. The summed E-state index contributed by atoms with van der Waals surface area (Å²) in [5.41, 5.74) is 1.61. The molecule has 5 heteroatoms. The average molecular weight is 384 g/mol. The van der Waals surface area contributed by atoms with Crippen LogP contribution in [0.4, 0.5) is 11.4 Å². The van der Waals surface area contributed by atoms with Crippen LogP contribution in [0.5, 0.6) is 0 Å². The highest BCUT2D eigenvalue weighted by Crippen LogP contribution is 2.65. The van der Waals surface area contributed by atoms with Gasteiger partial charge >= 0.3 is 0 Å². The van der Waals surface area contributed by atoms with Gasteiger partial charge in [-0.1, -0.05) is 36.4 Å². The number of amides is 3. The van der Waals surface area contributed by atoms with Crippen LogP contribution in [0, 0.1) is 35.5 Å². The Morgan fingerprint density at radius 1 is 0.862 bits per heavy atom. The molecule has 2 aromatic carbocycles. The summed E-state index contributed by atoms with van der Waals surface area (Å²) in [4.78, 5) is 40.5. The molecule has 1 N–H and O–H groups in total. The van der Waals surface area contributed by atoms with Gasteiger partial charge in [-0.15, -0.1) is 0 Å². The molecule has 0 unspecified atom stereocenters. The first-order chi connectivity index (χ1) is 14.1. The summed E-state index contributed by atoms with van der Waals surface area (Å²) in [6, 6.07) is 16.0. The fraction of sp³-hybridized carbons (Fsp3) is 0.292. The lowest BCUT2D eigenvalue weighted by Crippen LogP contribution is -2.40. The molecular weight excluding hydrogens is 364 g/mol. The second-order valence-electron chi connectivity index (χ2n) is 8.54. The van der Waals surface area contributed by atoms with Crippen molar-refractivity contribution in [3.63, 3.8) is 0 Å². The molecule has 1 aliphatic heterocycles. The predicted molar refractivity (Wildman–Crippen MR) is 108 cm³/mol. The monoisotopic (exact) mass is 384 g/mol. The molecule has 5 nitrogen and oxygen atoms in total. The van der Waals surface area contributed by atoms with Crippen molar-refractivity contribution in [3.8, 4) is 0 Å². The average Bonchev–Trinajstić information content (AvgIpc) is 3.52. The number of benzene rings is 2. The summed E-state index contributed by atoms with van der Waals surface area (Å²) in [5.74, 6) is 0.596. The van der Waals surface area contributed by atoms with Crippen molar-refractivity contribution in [3.05, 3.63) is 72.3 Å². The molecule has 0 spiro atoms. The first kappa shape index (κ1) is 16.7. The van der Waals surface area contributed by atoms with Crippen LogP contribution in [-0.4, -0.2) is 17.7 Å². The van der Waals surface area contributed by atoms with Crippen molar-refractivity contribution in [2.75, 3.05) is 10.2 Å². The van der Waals surface area contributed by atoms with E-state index in [1.54, 1.807) is 24.3 Å². The Kier molecular flexibility index (Phi) is 3.40. The molecule has 29 heavy (non-hydrogen) atoms. The standard InChI is InChI=1S/C24H20N2O3/c27-22(25-14-6-2-1-3-7-14)13-5-4-8-15(11-13)26-23(28)20-16-9-10-17(19-12-18(16)19)21(20)24(26)29/h1-11,16-21H,12H2,(H,25,27)/t16-,17-,18-,19+,20-,21+/m0/s1. The Hall–Kier alpha value is -3.21. The van der Waals surface area contributed by atoms with Crippen molar-refractivity contribution >= 4 is 29.1 Å². The molecule has 0 aromatic heterocycles. The number of imide groups is 1. The quantitative estimate of drug-likeness (QED) is 0.651. The molecule has 144 valence electrons. The highest BCUT2D eigenvalue weighted by molar-refractivity contribution is 6.23. The van der Waals surface area contributed by atoms with E-state index in [1.807, 2.05) is 30.3 Å². The molecule has 3 amide bonds. The Bertz CT molecular complexity index is 1040. The van der Waals surface area contributed by atoms with Crippen LogP contribution in [0.25, 0.3) is 0 Å². The Balaban J connectivity index is 1.30. The number of hydrogen-bond donors (Lipinski definition) is 1. The van der Waals surface area contributed by atoms with Crippen LogP contribution in [0.3, 0.4) is 0 Å². The molecule has 0 radical (unpaired) electrons. The van der Waals surface area contributed by atoms with Gasteiger partial charge in [0, 0.05) is 11.3 Å². The van der Waals surface area contributed by atoms with Crippen LogP contribution >= 0.6 is 0 Å². The summed E-state index contributed by atoms with van der Waals surface area (Å²) in [6.07, 6.45) is 5.47. The summed E-state index contributed by atoms with van der Waals surface area (Å²) < 4.78 is 0. The third-order valence-corrected chi connectivity index (χ3v) is 7.06. The topological polar surface area (TPSA) is 66.5 Å². The molecule has 1 saturated heterocycles. The van der Waals surface area contributed by atoms with Crippen LogP contribution in [-0.2, 0) is 9.59 Å². The fourth-order valence-corrected chi connectivity index (χ4v) is 5.72. The van der Waals surface area contributed by atoms with E-state index in [2.05, 4.69) is 17.5 Å². The van der Waals surface area contributed by atoms with Crippen molar-refractivity contribution in [1.82, 2.24) is 0 Å². The number of rotatable bonds is 3. The summed E-state index contributed by atoms with van der Waals surface area (Å²) >= 11 is 0. The molecule has 2 saturated carbocycles. The number of nitrogens with zero attached hydrogens (tertiary/aromatic N) is 1. The maximum absolute atomic E-state index is 13.2. The zero-order valence-corrected chi connectivity index (χ0v) is 15.7. The van der Waals surface area contributed by atoms with Crippen LogP contribution in [0.2, 0.25) is 0 Å². The smallest absolute Gasteiger partial charge is 0.255 e. The van der Waals surface area contributed by atoms with Crippen LogP contribution < -0.4 is 10.2 Å². The molecule has 7 rings (SSSR count). The van der Waals surface area contributed by atoms with Gasteiger partial charge in [0.25, 0.3) is 5.91 Å². The minimum absolute atomic E-state index is 0.106. The lowest BCUT2D eigenvalue weighted by atomic mass is 9.63. The summed E-state index contributed by atoms with van der Waals surface area (Å²) in [6.45, 7) is 0. The van der Waals surface area contributed by atoms with Crippen molar-refractivity contribution in [1.29, 1.82) is 0 Å². The van der Waals surface area contributed by atoms with E-state index in [-0.39, 0.29) is 41.4 Å². The van der Waals surface area contributed by atoms with Crippen LogP contribution in [0.1, 0.15) is 16.8 Å². The van der Waals surface area contributed by atoms with E-state index in [0.29, 0.717) is 28.8 Å². The molecule has 4 aliphatic carbocycles. The summed E-state index contributed by atoms with van der Waals surface area (Å²) in [7, 11) is 0. The van der Waals surface area contributed by atoms with Gasteiger partial charge in [0.15, 0.2) is 0 Å². The van der Waals surface area contributed by atoms with Gasteiger partial charge in [-0.2, -0.15) is 0 Å². The first-order valence-electron chi connectivity index (χ1n) is 10.2. The van der Waals surface area contributed by atoms with Crippen molar-refractivity contribution in [2.45, 2.75) is 6.42 Å². The zero-order valence-electron chi connectivity index (χ0n) is 15.7. The third-order valence-electron chi connectivity index (χ3n) is 7.06. The molecule has 3 fully saturated rings. The first-order valence-corrected chi connectivity index (χ1v) is 10.2. The minimum atomic E-state index is -0.266. The third kappa shape index (κ3) is 2.36. The molecule has 2 aromatic rings. The van der Waals surface area contributed by atoms with Gasteiger partial charge in [0.2, 0.25) is 11.8 Å². The second-order valence-corrected chi connectivity index (χ2v) is 8.54. The van der Waals surface area contributed by atoms with Gasteiger partial charge in [0.05, 0.1) is 17.5 Å². The lowest BCUT2D eigenvalue weighted by molar-refractivity contribution is -0.124. The van der Waals surface area contributed by atoms with Gasteiger partial charge in [-0.05, 0) is 60.4 Å². The second kappa shape index (κ2) is 5.89. The van der Waals surface area contributed by atoms with Gasteiger partial charge < -0.3 is 5.32 Å². The predicted octanol–water partition coefficient (Wildman–Crippen LogP) is 3.50. The van der Waals surface area contributed by atoms with Gasteiger partial charge in [0.1, 0.15) is 0 Å². The van der Waals surface area contributed by atoms with Crippen LogP contribution in [0.15, 0.2) is 66.7 Å². The Morgan fingerprint density at radius 3 is 2.17 bits per heavy atom. The lowest BCUT2D eigenvalue weighted by Gasteiger charge is -2.37. The number of hydrogen-bond acceptors (Lipinski definition) is 3. The van der Waals surface area contributed by atoms with E-state index < -0.39 is 0 Å². The Labute approximate surface area is 168 Å². The SMILES string of the molecule is O=C(Nc1ccccc1)c1cccc(N2C(=O)[C@@H]3[C@H]4C=C[C@@H]([C@@H]5C[C@H]45)[C@@H]3C2=O)c1. The molecule has 2 bridgehead atoms. The maximum atomic E-state index is 13.2. The van der Waals surface area contributed by atoms with Crippen molar-refractivity contribution < 1.29 is 14.4 Å². The highest BCUT2D eigenvalue weighted by Gasteiger charge is 2.67. The maximum Gasteiger partial charge on any atom is 0.255 e. The highest BCUT2D eigenvalue weighted by atomic mass is 16.2. The zero-order chi connectivity index (χ0) is 19.7. The van der Waals surface area contributed by atoms with E-state index in [1.165, 1.54) is 4.90 Å². The van der Waals surface area contributed by atoms with Gasteiger partial charge in [-0.25, -0.2) is 4.90 Å². The van der Waals surface area contributed by atoms with Gasteiger partial charge in [-0.3, -0.25) is 14.4 Å².